The van der Waals surface area contributed by atoms with Crippen molar-refractivity contribution in [3.05, 3.63) is 53.3 Å². The van der Waals surface area contributed by atoms with Crippen molar-refractivity contribution in [2.45, 2.75) is 13.1 Å². The summed E-state index contributed by atoms with van der Waals surface area (Å²) in [5.74, 6) is 0.151. The molecule has 0 aliphatic carbocycles. The lowest BCUT2D eigenvalue weighted by molar-refractivity contribution is 0.0696. The first kappa shape index (κ1) is 18.1. The van der Waals surface area contributed by atoms with Gasteiger partial charge >= 0.3 is 12.0 Å². The van der Waals surface area contributed by atoms with E-state index in [1.54, 1.807) is 26.4 Å². The van der Waals surface area contributed by atoms with E-state index in [4.69, 9.17) is 14.6 Å². The number of carbonyl (C=O) groups excluding carboxylic acids is 1. The summed E-state index contributed by atoms with van der Waals surface area (Å²) < 4.78 is 10.4. The van der Waals surface area contributed by atoms with Gasteiger partial charge in [-0.15, -0.1) is 0 Å². The van der Waals surface area contributed by atoms with Crippen molar-refractivity contribution in [1.29, 1.82) is 0 Å². The molecule has 0 saturated heterocycles. The molecule has 0 radical (unpaired) electrons. The van der Waals surface area contributed by atoms with Gasteiger partial charge in [-0.05, 0) is 29.8 Å². The number of pyridine rings is 1. The number of hydrogen-bond donors (Lipinski definition) is 3. The molecule has 0 unspecified atom stereocenters. The highest BCUT2D eigenvalue weighted by molar-refractivity contribution is 5.87. The summed E-state index contributed by atoms with van der Waals surface area (Å²) in [4.78, 5) is 26.8. The monoisotopic (exact) mass is 345 g/mol. The quantitative estimate of drug-likeness (QED) is 0.706. The number of carboxylic acid groups (broad SMARTS) is 1. The summed E-state index contributed by atoms with van der Waals surface area (Å²) in [5, 5.41) is 14.3. The van der Waals surface area contributed by atoms with Crippen LogP contribution in [0.2, 0.25) is 0 Å². The Hall–Kier alpha value is -3.29. The van der Waals surface area contributed by atoms with Crippen molar-refractivity contribution >= 4 is 12.0 Å². The van der Waals surface area contributed by atoms with Gasteiger partial charge in [0.2, 0.25) is 0 Å². The highest BCUT2D eigenvalue weighted by atomic mass is 16.5. The maximum absolute atomic E-state index is 11.9. The summed E-state index contributed by atoms with van der Waals surface area (Å²) in [7, 11) is 3.09. The average molecular weight is 345 g/mol. The summed E-state index contributed by atoms with van der Waals surface area (Å²) in [6.45, 7) is 0.424. The van der Waals surface area contributed by atoms with E-state index < -0.39 is 12.0 Å². The van der Waals surface area contributed by atoms with Crippen LogP contribution in [0.15, 0.2) is 36.5 Å². The number of aromatic nitrogens is 1. The normalized spacial score (nSPS) is 10.0. The van der Waals surface area contributed by atoms with Crippen molar-refractivity contribution in [3.8, 4) is 11.5 Å². The number of aromatic carboxylic acids is 1. The zero-order chi connectivity index (χ0) is 18.2. The fraction of sp³-hybridized carbons (Fsp3) is 0.235. The maximum atomic E-state index is 11.9. The first-order chi connectivity index (χ1) is 12.0. The summed E-state index contributed by atoms with van der Waals surface area (Å²) >= 11 is 0. The lowest BCUT2D eigenvalue weighted by Crippen LogP contribution is -2.34. The van der Waals surface area contributed by atoms with Gasteiger partial charge in [0.15, 0.2) is 11.5 Å². The molecule has 3 N–H and O–H groups in total. The highest BCUT2D eigenvalue weighted by Gasteiger charge is 2.07. The van der Waals surface area contributed by atoms with Crippen molar-refractivity contribution in [2.75, 3.05) is 14.2 Å². The molecule has 0 aliphatic heterocycles. The minimum atomic E-state index is -1.04. The Morgan fingerprint density at radius 3 is 2.44 bits per heavy atom. The first-order valence-corrected chi connectivity index (χ1v) is 7.44. The molecule has 2 amide bonds. The maximum Gasteiger partial charge on any atom is 0.335 e. The number of methoxy groups -OCH3 is 2. The SMILES string of the molecule is COc1ccc(CNC(=O)NCc2cc(C(=O)O)ccn2)cc1OC. The molecule has 0 fully saturated rings. The van der Waals surface area contributed by atoms with Crippen LogP contribution >= 0.6 is 0 Å². The Bertz CT molecular complexity index is 764. The van der Waals surface area contributed by atoms with E-state index in [-0.39, 0.29) is 12.1 Å². The Balaban J connectivity index is 1.87. The Kier molecular flexibility index (Phi) is 6.16. The Morgan fingerprint density at radius 1 is 1.04 bits per heavy atom. The molecule has 0 atom stereocenters. The molecule has 1 heterocycles. The molecule has 8 heteroatoms. The third kappa shape index (κ3) is 5.10. The second-order valence-electron chi connectivity index (χ2n) is 5.07. The zero-order valence-electron chi connectivity index (χ0n) is 13.9. The zero-order valence-corrected chi connectivity index (χ0v) is 13.9. The van der Waals surface area contributed by atoms with Crippen LogP contribution in [0.3, 0.4) is 0 Å². The second kappa shape index (κ2) is 8.53. The van der Waals surface area contributed by atoms with Crippen molar-refractivity contribution in [3.63, 3.8) is 0 Å². The van der Waals surface area contributed by atoms with Crippen LogP contribution in [-0.4, -0.2) is 36.3 Å². The van der Waals surface area contributed by atoms with Gasteiger partial charge in [-0.2, -0.15) is 0 Å². The molecule has 1 aromatic heterocycles. The Labute approximate surface area is 144 Å². The second-order valence-corrected chi connectivity index (χ2v) is 5.07. The number of nitrogens with one attached hydrogen (secondary N) is 2. The summed E-state index contributed by atoms with van der Waals surface area (Å²) in [6.07, 6.45) is 1.39. The number of carboxylic acids is 1. The highest BCUT2D eigenvalue weighted by Crippen LogP contribution is 2.27. The minimum Gasteiger partial charge on any atom is -0.493 e. The van der Waals surface area contributed by atoms with Gasteiger partial charge in [0.1, 0.15) is 0 Å². The fourth-order valence-corrected chi connectivity index (χ4v) is 2.11. The number of benzene rings is 1. The third-order valence-electron chi connectivity index (χ3n) is 3.39. The van der Waals surface area contributed by atoms with Gasteiger partial charge < -0.3 is 25.2 Å². The smallest absolute Gasteiger partial charge is 0.335 e. The third-order valence-corrected chi connectivity index (χ3v) is 3.39. The van der Waals surface area contributed by atoms with Gasteiger partial charge in [-0.3, -0.25) is 4.98 Å². The molecule has 0 saturated carbocycles. The number of hydrogen-bond acceptors (Lipinski definition) is 5. The molecule has 8 nitrogen and oxygen atoms in total. The van der Waals surface area contributed by atoms with Crippen LogP contribution in [0.4, 0.5) is 4.79 Å². The number of ether oxygens (including phenoxy) is 2. The lowest BCUT2D eigenvalue weighted by Gasteiger charge is -2.11. The largest absolute Gasteiger partial charge is 0.493 e. The van der Waals surface area contributed by atoms with E-state index in [1.165, 1.54) is 18.3 Å². The number of urea groups is 1. The Morgan fingerprint density at radius 2 is 1.76 bits per heavy atom. The van der Waals surface area contributed by atoms with Gasteiger partial charge in [-0.1, -0.05) is 6.07 Å². The molecule has 0 spiro atoms. The number of carbonyl (C=O) groups is 2. The van der Waals surface area contributed by atoms with Crippen molar-refractivity contribution in [1.82, 2.24) is 15.6 Å². The van der Waals surface area contributed by atoms with Gasteiger partial charge in [0, 0.05) is 12.7 Å². The van der Waals surface area contributed by atoms with Gasteiger partial charge in [0.05, 0.1) is 32.0 Å². The van der Waals surface area contributed by atoms with Crippen LogP contribution in [-0.2, 0) is 13.1 Å². The van der Waals surface area contributed by atoms with E-state index in [2.05, 4.69) is 15.6 Å². The van der Waals surface area contributed by atoms with E-state index in [1.807, 2.05) is 6.07 Å². The van der Waals surface area contributed by atoms with Crippen LogP contribution in [0.5, 0.6) is 11.5 Å². The molecule has 0 bridgehead atoms. The van der Waals surface area contributed by atoms with Crippen molar-refractivity contribution in [2.24, 2.45) is 0 Å². The van der Waals surface area contributed by atoms with E-state index in [0.717, 1.165) is 5.56 Å². The molecular weight excluding hydrogens is 326 g/mol. The van der Waals surface area contributed by atoms with Crippen LogP contribution < -0.4 is 20.1 Å². The van der Waals surface area contributed by atoms with Gasteiger partial charge in [0.25, 0.3) is 0 Å². The standard InChI is InChI=1S/C17H19N3O5/c1-24-14-4-3-11(7-15(14)25-2)9-19-17(23)20-10-13-8-12(16(21)22)5-6-18-13/h3-8H,9-10H2,1-2H3,(H,21,22)(H2,19,20,23). The van der Waals surface area contributed by atoms with E-state index in [9.17, 15) is 9.59 Å². The molecule has 2 rings (SSSR count). The molecule has 25 heavy (non-hydrogen) atoms. The van der Waals surface area contributed by atoms with Crippen molar-refractivity contribution < 1.29 is 24.2 Å². The van der Waals surface area contributed by atoms with Crippen LogP contribution in [0.25, 0.3) is 0 Å². The number of rotatable bonds is 7. The predicted octanol–water partition coefficient (Wildman–Crippen LogP) is 1.80. The minimum absolute atomic E-state index is 0.123. The molecular formula is C17H19N3O5. The molecule has 0 aliphatic rings. The topological polar surface area (TPSA) is 110 Å². The summed E-state index contributed by atoms with van der Waals surface area (Å²) in [6, 6.07) is 7.77. The van der Waals surface area contributed by atoms with E-state index >= 15 is 0 Å². The lowest BCUT2D eigenvalue weighted by atomic mass is 10.2. The number of nitrogens with zero attached hydrogens (tertiary/aromatic N) is 1. The molecule has 2 aromatic rings. The fourth-order valence-electron chi connectivity index (χ4n) is 2.11. The number of amides is 2. The van der Waals surface area contributed by atoms with E-state index in [0.29, 0.717) is 23.7 Å². The van der Waals surface area contributed by atoms with Gasteiger partial charge in [-0.25, -0.2) is 9.59 Å². The molecule has 132 valence electrons. The van der Waals surface area contributed by atoms with Crippen LogP contribution in [0.1, 0.15) is 21.6 Å². The first-order valence-electron chi connectivity index (χ1n) is 7.44. The predicted molar refractivity (Wildman–Crippen MR) is 89.8 cm³/mol. The summed E-state index contributed by atoms with van der Waals surface area (Å²) in [5.41, 5.74) is 1.43. The average Bonchev–Trinajstić information content (AvgIpc) is 2.64. The van der Waals surface area contributed by atoms with Crippen LogP contribution in [0, 0.1) is 0 Å². The molecule has 1 aromatic carbocycles.